The van der Waals surface area contributed by atoms with Crippen molar-refractivity contribution in [1.29, 1.82) is 0 Å². The highest BCUT2D eigenvalue weighted by Gasteiger charge is 2.23. The van der Waals surface area contributed by atoms with E-state index in [4.69, 9.17) is 4.74 Å². The molecule has 1 aromatic rings. The fourth-order valence-corrected chi connectivity index (χ4v) is 2.73. The Hall–Kier alpha value is -2.64. The van der Waals surface area contributed by atoms with Crippen molar-refractivity contribution in [3.05, 3.63) is 41.5 Å². The highest BCUT2D eigenvalue weighted by Crippen LogP contribution is 2.29. The van der Waals surface area contributed by atoms with Crippen LogP contribution in [0.15, 0.2) is 30.4 Å². The molecule has 0 saturated carbocycles. The lowest BCUT2D eigenvalue weighted by Gasteiger charge is -2.17. The standard InChI is InChI=1S/C20H25NO6/c1-3-21-14-10-13-7-5-9-16(23)19(25)15(22)8-4-6-12(2)27-20(26)18(13)17(24)11-14/h4-5,7-8,10-12,16,19,21,23-25H,3,6,9H2,1-2H3/b7-5+,8-4-. The predicted molar refractivity (Wildman–Crippen MR) is 102 cm³/mol. The Morgan fingerprint density at radius 1 is 1.15 bits per heavy atom. The molecular formula is C20H25NO6. The summed E-state index contributed by atoms with van der Waals surface area (Å²) in [5.41, 5.74) is 1.05. The topological polar surface area (TPSA) is 116 Å². The van der Waals surface area contributed by atoms with E-state index in [-0.39, 0.29) is 24.2 Å². The molecule has 0 aromatic heterocycles. The first-order valence-electron chi connectivity index (χ1n) is 8.88. The van der Waals surface area contributed by atoms with Gasteiger partial charge in [0.1, 0.15) is 23.5 Å². The van der Waals surface area contributed by atoms with Gasteiger partial charge < -0.3 is 25.4 Å². The van der Waals surface area contributed by atoms with Crippen LogP contribution < -0.4 is 5.32 Å². The molecule has 0 aliphatic carbocycles. The zero-order chi connectivity index (χ0) is 20.0. The lowest BCUT2D eigenvalue weighted by molar-refractivity contribution is -0.127. The number of benzene rings is 1. The molecule has 0 saturated heterocycles. The second kappa shape index (κ2) is 9.34. The van der Waals surface area contributed by atoms with Gasteiger partial charge in [0.2, 0.25) is 0 Å². The van der Waals surface area contributed by atoms with E-state index in [1.807, 2.05) is 6.92 Å². The SMILES string of the molecule is CCNc1cc(O)c2c(c1)/C=C/CC(O)C(O)C(=O)/C=C\CC(C)OC2=O. The minimum Gasteiger partial charge on any atom is -0.507 e. The molecule has 2 rings (SSSR count). The normalized spacial score (nSPS) is 26.4. The molecule has 0 amide bonds. The number of hydrogen-bond acceptors (Lipinski definition) is 7. The fourth-order valence-electron chi connectivity index (χ4n) is 2.73. The molecule has 7 heteroatoms. The zero-order valence-corrected chi connectivity index (χ0v) is 15.4. The first kappa shape index (κ1) is 20.7. The molecule has 0 bridgehead atoms. The summed E-state index contributed by atoms with van der Waals surface area (Å²) in [7, 11) is 0. The molecular weight excluding hydrogens is 350 g/mol. The molecule has 0 radical (unpaired) electrons. The molecule has 3 unspecified atom stereocenters. The monoisotopic (exact) mass is 375 g/mol. The van der Waals surface area contributed by atoms with Gasteiger partial charge in [0.25, 0.3) is 0 Å². The summed E-state index contributed by atoms with van der Waals surface area (Å²) in [4.78, 5) is 24.4. The Kier molecular flexibility index (Phi) is 7.15. The number of aliphatic hydroxyl groups is 2. The minimum absolute atomic E-state index is 0.00215. The van der Waals surface area contributed by atoms with Crippen LogP contribution in [-0.4, -0.2) is 51.9 Å². The molecule has 27 heavy (non-hydrogen) atoms. The number of phenols is 1. The van der Waals surface area contributed by atoms with Crippen LogP contribution in [0.4, 0.5) is 5.69 Å². The maximum atomic E-state index is 12.5. The van der Waals surface area contributed by atoms with Crippen molar-refractivity contribution in [2.75, 3.05) is 11.9 Å². The highest BCUT2D eigenvalue weighted by atomic mass is 16.5. The maximum absolute atomic E-state index is 12.5. The van der Waals surface area contributed by atoms with Gasteiger partial charge in [-0.05, 0) is 38.0 Å². The minimum atomic E-state index is -1.53. The molecule has 0 spiro atoms. The number of esters is 1. The van der Waals surface area contributed by atoms with Crippen molar-refractivity contribution in [1.82, 2.24) is 0 Å². The number of aliphatic hydroxyl groups excluding tert-OH is 2. The molecule has 146 valence electrons. The van der Waals surface area contributed by atoms with Gasteiger partial charge in [-0.25, -0.2) is 4.79 Å². The lowest BCUT2D eigenvalue weighted by atomic mass is 10.0. The van der Waals surface area contributed by atoms with E-state index in [1.54, 1.807) is 19.1 Å². The van der Waals surface area contributed by atoms with Gasteiger partial charge in [-0.15, -0.1) is 0 Å². The number of cyclic esters (lactones) is 1. The Morgan fingerprint density at radius 2 is 1.85 bits per heavy atom. The van der Waals surface area contributed by atoms with E-state index in [1.165, 1.54) is 24.3 Å². The van der Waals surface area contributed by atoms with Crippen molar-refractivity contribution in [3.8, 4) is 5.75 Å². The average Bonchev–Trinajstić information content (AvgIpc) is 2.59. The van der Waals surface area contributed by atoms with E-state index < -0.39 is 30.1 Å². The second-order valence-corrected chi connectivity index (χ2v) is 6.40. The van der Waals surface area contributed by atoms with Crippen molar-refractivity contribution in [2.45, 2.75) is 45.0 Å². The molecule has 4 N–H and O–H groups in total. The van der Waals surface area contributed by atoms with Crippen LogP contribution in [-0.2, 0) is 9.53 Å². The van der Waals surface area contributed by atoms with E-state index in [2.05, 4.69) is 5.32 Å². The van der Waals surface area contributed by atoms with E-state index in [0.29, 0.717) is 17.8 Å². The quantitative estimate of drug-likeness (QED) is 0.585. The molecule has 3 atom stereocenters. The van der Waals surface area contributed by atoms with Crippen LogP contribution in [0.5, 0.6) is 5.75 Å². The average molecular weight is 375 g/mol. The smallest absolute Gasteiger partial charge is 0.342 e. The number of ketones is 1. The Balaban J connectivity index is 2.45. The number of fused-ring (bicyclic) bond motifs is 1. The summed E-state index contributed by atoms with van der Waals surface area (Å²) in [5, 5.41) is 33.3. The molecule has 0 fully saturated rings. The number of hydrogen-bond donors (Lipinski definition) is 4. The number of carbonyl (C=O) groups excluding carboxylic acids is 2. The van der Waals surface area contributed by atoms with Gasteiger partial charge in [0.05, 0.1) is 6.10 Å². The third-order valence-corrected chi connectivity index (χ3v) is 4.12. The largest absolute Gasteiger partial charge is 0.507 e. The number of anilines is 1. The van der Waals surface area contributed by atoms with Crippen molar-refractivity contribution in [3.63, 3.8) is 0 Å². The number of carbonyl (C=O) groups is 2. The second-order valence-electron chi connectivity index (χ2n) is 6.40. The van der Waals surface area contributed by atoms with E-state index in [9.17, 15) is 24.9 Å². The number of phenolic OH excluding ortho intramolecular Hbond substituents is 1. The third-order valence-electron chi connectivity index (χ3n) is 4.12. The third kappa shape index (κ3) is 5.42. The summed E-state index contributed by atoms with van der Waals surface area (Å²) < 4.78 is 5.36. The van der Waals surface area contributed by atoms with Gasteiger partial charge in [-0.2, -0.15) is 0 Å². The zero-order valence-electron chi connectivity index (χ0n) is 15.4. The Morgan fingerprint density at radius 3 is 2.56 bits per heavy atom. The maximum Gasteiger partial charge on any atom is 0.342 e. The number of rotatable bonds is 2. The Labute approximate surface area is 158 Å². The molecule has 1 heterocycles. The van der Waals surface area contributed by atoms with Gasteiger partial charge in [-0.1, -0.05) is 18.2 Å². The molecule has 1 aliphatic rings. The lowest BCUT2D eigenvalue weighted by Crippen LogP contribution is -2.32. The first-order chi connectivity index (χ1) is 12.8. The highest BCUT2D eigenvalue weighted by molar-refractivity contribution is 5.97. The van der Waals surface area contributed by atoms with E-state index >= 15 is 0 Å². The van der Waals surface area contributed by atoms with Gasteiger partial charge >= 0.3 is 5.97 Å². The molecule has 7 nitrogen and oxygen atoms in total. The van der Waals surface area contributed by atoms with Crippen LogP contribution in [0.2, 0.25) is 0 Å². The molecule has 1 aliphatic heterocycles. The van der Waals surface area contributed by atoms with Crippen LogP contribution >= 0.6 is 0 Å². The summed E-state index contributed by atoms with van der Waals surface area (Å²) in [6.45, 7) is 4.18. The molecule has 1 aromatic carbocycles. The van der Waals surface area contributed by atoms with Crippen molar-refractivity contribution >= 4 is 23.5 Å². The first-order valence-corrected chi connectivity index (χ1v) is 8.88. The van der Waals surface area contributed by atoms with Crippen molar-refractivity contribution < 1.29 is 29.6 Å². The van der Waals surface area contributed by atoms with Crippen LogP contribution in [0, 0.1) is 0 Å². The summed E-state index contributed by atoms with van der Waals surface area (Å²) >= 11 is 0. The fraction of sp³-hybridized carbons (Fsp3) is 0.400. The van der Waals surface area contributed by atoms with Crippen LogP contribution in [0.1, 0.15) is 42.6 Å². The number of aromatic hydroxyl groups is 1. The predicted octanol–water partition coefficient (Wildman–Crippen LogP) is 2.02. The Bertz CT molecular complexity index is 755. The number of nitrogens with one attached hydrogen (secondary N) is 1. The summed E-state index contributed by atoms with van der Waals surface area (Å²) in [6.07, 6.45) is 2.61. The van der Waals surface area contributed by atoms with Gasteiger partial charge in [0.15, 0.2) is 5.78 Å². The van der Waals surface area contributed by atoms with E-state index in [0.717, 1.165) is 0 Å². The van der Waals surface area contributed by atoms with Gasteiger partial charge in [0, 0.05) is 24.7 Å². The van der Waals surface area contributed by atoms with Crippen molar-refractivity contribution in [2.24, 2.45) is 0 Å². The summed E-state index contributed by atoms with van der Waals surface area (Å²) in [6, 6.07) is 3.13. The summed E-state index contributed by atoms with van der Waals surface area (Å²) in [5.74, 6) is -1.51. The van der Waals surface area contributed by atoms with Crippen LogP contribution in [0.25, 0.3) is 6.08 Å². The van der Waals surface area contributed by atoms with Gasteiger partial charge in [-0.3, -0.25) is 4.79 Å². The number of ether oxygens (including phenoxy) is 1. The van der Waals surface area contributed by atoms with Crippen LogP contribution in [0.3, 0.4) is 0 Å².